The van der Waals surface area contributed by atoms with E-state index in [9.17, 15) is 14.9 Å². The highest BCUT2D eigenvalue weighted by atomic mass is 16.6. The molecule has 0 atom stereocenters. The summed E-state index contributed by atoms with van der Waals surface area (Å²) >= 11 is 0. The van der Waals surface area contributed by atoms with E-state index >= 15 is 0 Å². The maximum absolute atomic E-state index is 12.0. The van der Waals surface area contributed by atoms with Crippen LogP contribution in [0.2, 0.25) is 0 Å². The number of ether oxygens (including phenoxy) is 2. The normalized spacial score (nSPS) is 10.6. The lowest BCUT2D eigenvalue weighted by Crippen LogP contribution is -2.17. The third-order valence-electron chi connectivity index (χ3n) is 3.45. The predicted molar refractivity (Wildman–Crippen MR) is 102 cm³/mol. The first kappa shape index (κ1) is 19.9. The molecule has 0 saturated heterocycles. The van der Waals surface area contributed by atoms with Crippen LogP contribution < -0.4 is 14.9 Å². The molecule has 27 heavy (non-hydrogen) atoms. The van der Waals surface area contributed by atoms with Gasteiger partial charge in [0.05, 0.1) is 24.4 Å². The van der Waals surface area contributed by atoms with Crippen LogP contribution in [0.4, 0.5) is 5.69 Å². The topological polar surface area (TPSA) is 103 Å². The number of nitrogens with zero attached hydrogens (tertiary/aromatic N) is 2. The average molecular weight is 371 g/mol. The first-order chi connectivity index (χ1) is 13.0. The Labute approximate surface area is 157 Å². The molecule has 0 unspecified atom stereocenters. The SMILES string of the molecule is CCCOc1ccc(/C=N/NC(=O)c2ccc([N+](=O)[O-])cc2)cc1OCC. The summed E-state index contributed by atoms with van der Waals surface area (Å²) in [6, 6.07) is 10.6. The number of benzene rings is 2. The quantitative estimate of drug-likeness (QED) is 0.412. The van der Waals surface area contributed by atoms with E-state index in [1.54, 1.807) is 18.2 Å². The number of nitrogens with one attached hydrogen (secondary N) is 1. The van der Waals surface area contributed by atoms with Crippen LogP contribution in [-0.4, -0.2) is 30.3 Å². The summed E-state index contributed by atoms with van der Waals surface area (Å²) in [6.45, 7) is 5.00. The number of rotatable bonds is 9. The lowest BCUT2D eigenvalue weighted by atomic mass is 10.2. The zero-order chi connectivity index (χ0) is 19.6. The highest BCUT2D eigenvalue weighted by Gasteiger charge is 2.09. The first-order valence-corrected chi connectivity index (χ1v) is 8.52. The molecule has 2 rings (SSSR count). The van der Waals surface area contributed by atoms with Gasteiger partial charge < -0.3 is 9.47 Å². The van der Waals surface area contributed by atoms with Gasteiger partial charge in [0.1, 0.15) is 0 Å². The second-order valence-electron chi connectivity index (χ2n) is 5.49. The van der Waals surface area contributed by atoms with Gasteiger partial charge in [0.25, 0.3) is 11.6 Å². The lowest BCUT2D eigenvalue weighted by Gasteiger charge is -2.11. The molecule has 0 saturated carbocycles. The summed E-state index contributed by atoms with van der Waals surface area (Å²) < 4.78 is 11.2. The number of nitro groups is 1. The summed E-state index contributed by atoms with van der Waals surface area (Å²) in [4.78, 5) is 22.1. The molecule has 1 amide bonds. The van der Waals surface area contributed by atoms with Crippen molar-refractivity contribution in [3.05, 3.63) is 63.7 Å². The van der Waals surface area contributed by atoms with Crippen molar-refractivity contribution in [3.63, 3.8) is 0 Å². The molecule has 0 spiro atoms. The Balaban J connectivity index is 2.03. The maximum Gasteiger partial charge on any atom is 0.271 e. The largest absolute Gasteiger partial charge is 0.490 e. The number of hydrazone groups is 1. The number of hydrogen-bond donors (Lipinski definition) is 1. The van der Waals surface area contributed by atoms with E-state index in [2.05, 4.69) is 10.5 Å². The van der Waals surface area contributed by atoms with Crippen LogP contribution >= 0.6 is 0 Å². The number of hydrogen-bond acceptors (Lipinski definition) is 6. The molecule has 0 heterocycles. The van der Waals surface area contributed by atoms with E-state index in [1.165, 1.54) is 30.5 Å². The standard InChI is InChI=1S/C19H21N3O5/c1-3-11-27-17-10-5-14(12-18(17)26-4-2)13-20-21-19(23)15-6-8-16(9-7-15)22(24)25/h5-10,12-13H,3-4,11H2,1-2H3,(H,21,23)/b20-13+. The second kappa shape index (κ2) is 9.91. The van der Waals surface area contributed by atoms with Crippen LogP contribution in [0, 0.1) is 10.1 Å². The molecule has 1 N–H and O–H groups in total. The van der Waals surface area contributed by atoms with Crippen molar-refractivity contribution < 1.29 is 19.2 Å². The van der Waals surface area contributed by atoms with E-state index in [0.717, 1.165) is 12.0 Å². The molecule has 0 aliphatic heterocycles. The number of carbonyl (C=O) groups is 1. The smallest absolute Gasteiger partial charge is 0.271 e. The molecule has 8 nitrogen and oxygen atoms in total. The van der Waals surface area contributed by atoms with Crippen LogP contribution in [0.25, 0.3) is 0 Å². The van der Waals surface area contributed by atoms with Crippen molar-refractivity contribution in [1.82, 2.24) is 5.43 Å². The van der Waals surface area contributed by atoms with Gasteiger partial charge in [-0.15, -0.1) is 0 Å². The monoisotopic (exact) mass is 371 g/mol. The molecular formula is C19H21N3O5. The van der Waals surface area contributed by atoms with Crippen molar-refractivity contribution >= 4 is 17.8 Å². The fraction of sp³-hybridized carbons (Fsp3) is 0.263. The van der Waals surface area contributed by atoms with Gasteiger partial charge in [-0.1, -0.05) is 6.92 Å². The summed E-state index contributed by atoms with van der Waals surface area (Å²) in [6.07, 6.45) is 2.37. The van der Waals surface area contributed by atoms with Crippen LogP contribution in [0.15, 0.2) is 47.6 Å². The van der Waals surface area contributed by atoms with Crippen molar-refractivity contribution in [1.29, 1.82) is 0 Å². The molecular weight excluding hydrogens is 350 g/mol. The highest BCUT2D eigenvalue weighted by molar-refractivity contribution is 5.95. The van der Waals surface area contributed by atoms with Gasteiger partial charge in [-0.05, 0) is 49.2 Å². The molecule has 2 aromatic rings. The Morgan fingerprint density at radius 3 is 2.52 bits per heavy atom. The molecule has 0 fully saturated rings. The molecule has 0 radical (unpaired) electrons. The predicted octanol–water partition coefficient (Wildman–Crippen LogP) is 3.55. The third-order valence-corrected chi connectivity index (χ3v) is 3.45. The number of carbonyl (C=O) groups excluding carboxylic acids is 1. The minimum absolute atomic E-state index is 0.0797. The Morgan fingerprint density at radius 2 is 1.89 bits per heavy atom. The lowest BCUT2D eigenvalue weighted by molar-refractivity contribution is -0.384. The minimum Gasteiger partial charge on any atom is -0.490 e. The Bertz CT molecular complexity index is 819. The summed E-state index contributed by atoms with van der Waals surface area (Å²) in [5, 5.41) is 14.5. The van der Waals surface area contributed by atoms with E-state index in [4.69, 9.17) is 9.47 Å². The Hall–Kier alpha value is -3.42. The van der Waals surface area contributed by atoms with Gasteiger partial charge in [-0.2, -0.15) is 5.10 Å². The fourth-order valence-corrected chi connectivity index (χ4v) is 2.17. The number of non-ortho nitro benzene ring substituents is 1. The van der Waals surface area contributed by atoms with Crippen LogP contribution in [-0.2, 0) is 0 Å². The van der Waals surface area contributed by atoms with Gasteiger partial charge in [-0.25, -0.2) is 5.43 Å². The second-order valence-corrected chi connectivity index (χ2v) is 5.49. The summed E-state index contributed by atoms with van der Waals surface area (Å²) in [5.74, 6) is 0.802. The van der Waals surface area contributed by atoms with Crippen LogP contribution in [0.5, 0.6) is 11.5 Å². The van der Waals surface area contributed by atoms with Crippen molar-refractivity contribution in [2.45, 2.75) is 20.3 Å². The van der Waals surface area contributed by atoms with E-state index in [1.807, 2.05) is 13.8 Å². The number of nitro benzene ring substituents is 1. The maximum atomic E-state index is 12.0. The summed E-state index contributed by atoms with van der Waals surface area (Å²) in [5.41, 5.74) is 3.31. The molecule has 8 heteroatoms. The van der Waals surface area contributed by atoms with Crippen molar-refractivity contribution in [2.24, 2.45) is 5.10 Å². The Kier molecular flexibility index (Phi) is 7.30. The van der Waals surface area contributed by atoms with E-state index < -0.39 is 10.8 Å². The van der Waals surface area contributed by atoms with E-state index in [-0.39, 0.29) is 11.3 Å². The number of amides is 1. The minimum atomic E-state index is -0.524. The molecule has 0 bridgehead atoms. The zero-order valence-electron chi connectivity index (χ0n) is 15.2. The van der Waals surface area contributed by atoms with E-state index in [0.29, 0.717) is 24.7 Å². The van der Waals surface area contributed by atoms with Gasteiger partial charge in [0.2, 0.25) is 0 Å². The average Bonchev–Trinajstić information content (AvgIpc) is 2.67. The van der Waals surface area contributed by atoms with Gasteiger partial charge in [0, 0.05) is 17.7 Å². The van der Waals surface area contributed by atoms with Crippen LogP contribution in [0.1, 0.15) is 36.2 Å². The molecule has 0 aromatic heterocycles. The third kappa shape index (κ3) is 5.81. The molecule has 0 aliphatic carbocycles. The molecule has 142 valence electrons. The van der Waals surface area contributed by atoms with Gasteiger partial charge in [0.15, 0.2) is 11.5 Å². The van der Waals surface area contributed by atoms with Crippen molar-refractivity contribution in [2.75, 3.05) is 13.2 Å². The fourth-order valence-electron chi connectivity index (χ4n) is 2.17. The Morgan fingerprint density at radius 1 is 1.15 bits per heavy atom. The zero-order valence-corrected chi connectivity index (χ0v) is 15.2. The van der Waals surface area contributed by atoms with Gasteiger partial charge in [-0.3, -0.25) is 14.9 Å². The van der Waals surface area contributed by atoms with Gasteiger partial charge >= 0.3 is 0 Å². The summed E-state index contributed by atoms with van der Waals surface area (Å²) in [7, 11) is 0. The highest BCUT2D eigenvalue weighted by Crippen LogP contribution is 2.28. The molecule has 2 aromatic carbocycles. The van der Waals surface area contributed by atoms with Crippen LogP contribution in [0.3, 0.4) is 0 Å². The molecule has 0 aliphatic rings. The van der Waals surface area contributed by atoms with Crippen molar-refractivity contribution in [3.8, 4) is 11.5 Å². The first-order valence-electron chi connectivity index (χ1n) is 8.52.